The summed E-state index contributed by atoms with van der Waals surface area (Å²) in [6.07, 6.45) is 1.37. The highest BCUT2D eigenvalue weighted by molar-refractivity contribution is 7.88. The molecule has 2 heterocycles. The van der Waals surface area contributed by atoms with Crippen molar-refractivity contribution >= 4 is 15.9 Å². The normalized spacial score (nSPS) is 26.5. The zero-order chi connectivity index (χ0) is 24.0. The molecule has 4 unspecified atom stereocenters. The Morgan fingerprint density at radius 2 is 1.88 bits per heavy atom. The number of piperidine rings is 1. The molecular formula is C26H32N2O5S. The van der Waals surface area contributed by atoms with Gasteiger partial charge >= 0.3 is 0 Å². The monoisotopic (exact) mass is 484 g/mol. The van der Waals surface area contributed by atoms with Gasteiger partial charge in [-0.15, -0.1) is 0 Å². The fraction of sp³-hybridized carbons (Fsp3) is 0.500. The lowest BCUT2D eigenvalue weighted by Gasteiger charge is -2.20. The molecular weight excluding hydrogens is 452 g/mol. The Balaban J connectivity index is 1.27. The molecule has 1 amide bonds. The highest BCUT2D eigenvalue weighted by atomic mass is 32.2. The van der Waals surface area contributed by atoms with E-state index in [-0.39, 0.29) is 29.9 Å². The van der Waals surface area contributed by atoms with Gasteiger partial charge in [0.25, 0.3) is 5.91 Å². The third-order valence-electron chi connectivity index (χ3n) is 7.30. The summed E-state index contributed by atoms with van der Waals surface area (Å²) < 4.78 is 39.4. The van der Waals surface area contributed by atoms with Crippen LogP contribution in [-0.4, -0.2) is 68.5 Å². The van der Waals surface area contributed by atoms with Gasteiger partial charge in [0, 0.05) is 25.3 Å². The van der Waals surface area contributed by atoms with E-state index in [1.54, 1.807) is 22.4 Å². The lowest BCUT2D eigenvalue weighted by atomic mass is 10.0. The van der Waals surface area contributed by atoms with E-state index in [1.807, 2.05) is 50.2 Å². The van der Waals surface area contributed by atoms with Gasteiger partial charge in [-0.2, -0.15) is 4.31 Å². The molecule has 1 aliphatic carbocycles. The van der Waals surface area contributed by atoms with Crippen LogP contribution in [0.25, 0.3) is 0 Å². The molecule has 7 nitrogen and oxygen atoms in total. The predicted octanol–water partition coefficient (Wildman–Crippen LogP) is 3.15. The summed E-state index contributed by atoms with van der Waals surface area (Å²) in [6, 6.07) is 13.4. The number of hydrogen-bond donors (Lipinski definition) is 0. The zero-order valence-electron chi connectivity index (χ0n) is 19.9. The highest BCUT2D eigenvalue weighted by Gasteiger charge is 2.51. The van der Waals surface area contributed by atoms with Crippen LogP contribution in [0.15, 0.2) is 42.5 Å². The van der Waals surface area contributed by atoms with Gasteiger partial charge in [-0.25, -0.2) is 8.42 Å². The average molecular weight is 485 g/mol. The van der Waals surface area contributed by atoms with E-state index >= 15 is 0 Å². The molecule has 2 aromatic rings. The van der Waals surface area contributed by atoms with E-state index in [9.17, 15) is 13.2 Å². The number of aryl methyl sites for hydroxylation is 2. The summed E-state index contributed by atoms with van der Waals surface area (Å²) in [7, 11) is -1.72. The lowest BCUT2D eigenvalue weighted by Crippen LogP contribution is -2.32. The SMILES string of the molecule is COC1CN(C(=O)c2cc(C)ccc2C)CC1Oc1cccc(CS(=O)(=O)N2CCC3CC32)c1. The number of hydrogen-bond acceptors (Lipinski definition) is 5. The quantitative estimate of drug-likeness (QED) is 0.604. The second kappa shape index (κ2) is 8.98. The van der Waals surface area contributed by atoms with Crippen LogP contribution in [0, 0.1) is 19.8 Å². The number of fused-ring (bicyclic) bond motifs is 1. The van der Waals surface area contributed by atoms with Crippen molar-refractivity contribution in [2.75, 3.05) is 26.7 Å². The van der Waals surface area contributed by atoms with E-state index in [2.05, 4.69) is 0 Å². The fourth-order valence-electron chi connectivity index (χ4n) is 5.26. The molecule has 34 heavy (non-hydrogen) atoms. The third kappa shape index (κ3) is 4.59. The minimum absolute atomic E-state index is 0.0248. The van der Waals surface area contributed by atoms with Crippen molar-refractivity contribution in [1.29, 1.82) is 0 Å². The maximum absolute atomic E-state index is 13.2. The predicted molar refractivity (Wildman–Crippen MR) is 129 cm³/mol. The maximum Gasteiger partial charge on any atom is 0.254 e. The molecule has 182 valence electrons. The summed E-state index contributed by atoms with van der Waals surface area (Å²) >= 11 is 0. The first-order chi connectivity index (χ1) is 16.2. The Bertz CT molecular complexity index is 1200. The van der Waals surface area contributed by atoms with Crippen molar-refractivity contribution < 1.29 is 22.7 Å². The molecule has 0 radical (unpaired) electrons. The van der Waals surface area contributed by atoms with Gasteiger partial charge in [-0.05, 0) is 61.9 Å². The van der Waals surface area contributed by atoms with Crippen molar-refractivity contribution in [2.24, 2.45) is 5.92 Å². The summed E-state index contributed by atoms with van der Waals surface area (Å²) in [5.74, 6) is 1.10. The van der Waals surface area contributed by atoms with E-state index in [4.69, 9.17) is 9.47 Å². The maximum atomic E-state index is 13.2. The Morgan fingerprint density at radius 3 is 2.59 bits per heavy atom. The number of carbonyl (C=O) groups is 1. The van der Waals surface area contributed by atoms with E-state index in [0.717, 1.165) is 24.0 Å². The summed E-state index contributed by atoms with van der Waals surface area (Å²) in [6.45, 7) is 5.40. The molecule has 0 N–H and O–H groups in total. The van der Waals surface area contributed by atoms with Gasteiger partial charge in [-0.3, -0.25) is 4.79 Å². The smallest absolute Gasteiger partial charge is 0.254 e. The van der Waals surface area contributed by atoms with Crippen LogP contribution in [0.4, 0.5) is 0 Å². The second-order valence-corrected chi connectivity index (χ2v) is 11.7. The molecule has 0 bridgehead atoms. The van der Waals surface area contributed by atoms with Crippen molar-refractivity contribution in [3.63, 3.8) is 0 Å². The number of likely N-dealkylation sites (tertiary alicyclic amines) is 1. The van der Waals surface area contributed by atoms with Gasteiger partial charge < -0.3 is 14.4 Å². The number of ether oxygens (including phenoxy) is 2. The van der Waals surface area contributed by atoms with Crippen LogP contribution in [0.1, 0.15) is 39.9 Å². The molecule has 8 heteroatoms. The minimum atomic E-state index is -3.34. The Hall–Kier alpha value is -2.42. The number of carbonyl (C=O) groups excluding carboxylic acids is 1. The van der Waals surface area contributed by atoms with E-state index in [0.29, 0.717) is 42.4 Å². The number of rotatable bonds is 7. The van der Waals surface area contributed by atoms with E-state index < -0.39 is 10.0 Å². The highest BCUT2D eigenvalue weighted by Crippen LogP contribution is 2.46. The Kier molecular flexibility index (Phi) is 6.16. The van der Waals surface area contributed by atoms with Crippen LogP contribution < -0.4 is 4.74 Å². The summed E-state index contributed by atoms with van der Waals surface area (Å²) in [4.78, 5) is 15.0. The number of nitrogens with zero attached hydrogens (tertiary/aromatic N) is 2. The molecule has 3 aliphatic rings. The van der Waals surface area contributed by atoms with Crippen molar-refractivity contribution in [3.05, 3.63) is 64.7 Å². The van der Waals surface area contributed by atoms with Crippen LogP contribution in [0.5, 0.6) is 5.75 Å². The molecule has 2 aromatic carbocycles. The molecule has 5 rings (SSSR count). The second-order valence-electron chi connectivity index (χ2n) is 9.83. The zero-order valence-corrected chi connectivity index (χ0v) is 20.8. The molecule has 0 spiro atoms. The van der Waals surface area contributed by atoms with Crippen molar-refractivity contribution in [3.8, 4) is 5.75 Å². The van der Waals surface area contributed by atoms with Crippen molar-refractivity contribution in [2.45, 2.75) is 50.7 Å². The lowest BCUT2D eigenvalue weighted by molar-refractivity contribution is 0.0339. The van der Waals surface area contributed by atoms with Gasteiger partial charge in [0.15, 0.2) is 0 Å². The number of amides is 1. The summed E-state index contributed by atoms with van der Waals surface area (Å²) in [5, 5.41) is 0. The number of benzene rings is 2. The molecule has 4 atom stereocenters. The number of sulfonamides is 1. The van der Waals surface area contributed by atoms with Gasteiger partial charge in [0.1, 0.15) is 18.0 Å². The largest absolute Gasteiger partial charge is 0.486 e. The first kappa shape index (κ1) is 23.3. The first-order valence-electron chi connectivity index (χ1n) is 11.9. The topological polar surface area (TPSA) is 76.1 Å². The standard InChI is InChI=1S/C26H32N2O5S/c1-17-7-8-18(2)22(11-17)26(29)27-14-24(32-3)25(15-27)33-21-6-4-5-19(12-21)16-34(30,31)28-10-9-20-13-23(20)28/h4-8,11-12,20,23-25H,9-10,13-16H2,1-3H3. The van der Waals surface area contributed by atoms with Crippen LogP contribution in [0.2, 0.25) is 0 Å². The third-order valence-corrected chi connectivity index (χ3v) is 9.16. The van der Waals surface area contributed by atoms with Crippen LogP contribution in [-0.2, 0) is 20.5 Å². The van der Waals surface area contributed by atoms with Crippen LogP contribution in [0.3, 0.4) is 0 Å². The number of methoxy groups -OCH3 is 1. The van der Waals surface area contributed by atoms with Crippen LogP contribution >= 0.6 is 0 Å². The molecule has 2 aliphatic heterocycles. The van der Waals surface area contributed by atoms with Crippen molar-refractivity contribution in [1.82, 2.24) is 9.21 Å². The van der Waals surface area contributed by atoms with Gasteiger partial charge in [0.2, 0.25) is 10.0 Å². The van der Waals surface area contributed by atoms with E-state index in [1.165, 1.54) is 0 Å². The average Bonchev–Trinajstić information content (AvgIpc) is 3.24. The molecule has 0 aromatic heterocycles. The molecule has 3 fully saturated rings. The molecule has 1 saturated carbocycles. The minimum Gasteiger partial charge on any atom is -0.486 e. The fourth-order valence-corrected chi connectivity index (χ4v) is 7.08. The first-order valence-corrected chi connectivity index (χ1v) is 13.5. The summed E-state index contributed by atoms with van der Waals surface area (Å²) in [5.41, 5.74) is 3.39. The molecule has 2 saturated heterocycles. The van der Waals surface area contributed by atoms with Gasteiger partial charge in [0.05, 0.1) is 18.8 Å². The Labute approximate surface area is 201 Å². The Morgan fingerprint density at radius 1 is 1.09 bits per heavy atom. The van der Waals surface area contributed by atoms with Gasteiger partial charge in [-0.1, -0.05) is 29.8 Å².